The van der Waals surface area contributed by atoms with Crippen molar-refractivity contribution in [3.8, 4) is 0 Å². The lowest BCUT2D eigenvalue weighted by molar-refractivity contribution is 0.301. The van der Waals surface area contributed by atoms with Crippen LogP contribution in [0.5, 0.6) is 0 Å². The summed E-state index contributed by atoms with van der Waals surface area (Å²) < 4.78 is 6.04. The summed E-state index contributed by atoms with van der Waals surface area (Å²) in [5, 5.41) is 3.28. The van der Waals surface area contributed by atoms with Crippen LogP contribution in [0.2, 0.25) is 0 Å². The van der Waals surface area contributed by atoms with Gasteiger partial charge in [-0.05, 0) is 38.4 Å². The summed E-state index contributed by atoms with van der Waals surface area (Å²) in [4.78, 5) is 23.2. The predicted molar refractivity (Wildman–Crippen MR) is 127 cm³/mol. The first-order valence-corrected chi connectivity index (χ1v) is 11.7. The number of aromatic nitrogens is 3. The molecule has 1 N–H and O–H groups in total. The van der Waals surface area contributed by atoms with Gasteiger partial charge in [0.25, 0.3) is 0 Å². The van der Waals surface area contributed by atoms with Gasteiger partial charge < -0.3 is 19.5 Å². The molecule has 1 aliphatic carbocycles. The Hall–Kier alpha value is -3.00. The van der Waals surface area contributed by atoms with Crippen molar-refractivity contribution in [2.75, 3.05) is 43.4 Å². The number of pyridine rings is 1. The second kappa shape index (κ2) is 7.85. The Morgan fingerprint density at radius 2 is 1.84 bits per heavy atom. The van der Waals surface area contributed by atoms with E-state index < -0.39 is 0 Å². The molecule has 6 rings (SSSR count). The van der Waals surface area contributed by atoms with E-state index in [-0.39, 0.29) is 5.41 Å². The van der Waals surface area contributed by atoms with E-state index in [0.717, 1.165) is 49.6 Å². The minimum absolute atomic E-state index is 0.106. The highest BCUT2D eigenvalue weighted by molar-refractivity contribution is 5.87. The van der Waals surface area contributed by atoms with Crippen molar-refractivity contribution < 1.29 is 4.42 Å². The second-order valence-corrected chi connectivity index (χ2v) is 9.36. The summed E-state index contributed by atoms with van der Waals surface area (Å²) in [6, 6.07) is 4.11. The molecule has 2 fully saturated rings. The van der Waals surface area contributed by atoms with Crippen LogP contribution in [0.25, 0.3) is 11.1 Å². The number of aliphatic imine (C=N–C) groups is 1. The van der Waals surface area contributed by atoms with E-state index in [1.54, 1.807) is 6.20 Å². The van der Waals surface area contributed by atoms with Crippen LogP contribution in [0.3, 0.4) is 0 Å². The van der Waals surface area contributed by atoms with Gasteiger partial charge in [-0.15, -0.1) is 0 Å². The molecular weight excluding hydrogens is 402 g/mol. The summed E-state index contributed by atoms with van der Waals surface area (Å²) in [5.41, 5.74) is 4.04. The van der Waals surface area contributed by atoms with Gasteiger partial charge in [0.2, 0.25) is 11.8 Å². The van der Waals surface area contributed by atoms with Gasteiger partial charge in [-0.2, -0.15) is 0 Å². The fraction of sp³-hybridized carbons (Fsp3) is 0.500. The van der Waals surface area contributed by atoms with Crippen LogP contribution in [-0.4, -0.2) is 59.3 Å². The minimum Gasteiger partial charge on any atom is -0.435 e. The first kappa shape index (κ1) is 19.7. The van der Waals surface area contributed by atoms with Crippen molar-refractivity contribution in [3.63, 3.8) is 0 Å². The van der Waals surface area contributed by atoms with Crippen LogP contribution in [-0.2, 0) is 5.41 Å². The number of hydrogen-bond donors (Lipinski definition) is 1. The maximum absolute atomic E-state index is 6.04. The summed E-state index contributed by atoms with van der Waals surface area (Å²) >= 11 is 0. The molecule has 1 saturated carbocycles. The molecule has 1 saturated heterocycles. The first-order valence-electron chi connectivity index (χ1n) is 11.7. The van der Waals surface area contributed by atoms with Crippen molar-refractivity contribution in [2.24, 2.45) is 4.99 Å². The van der Waals surface area contributed by atoms with Gasteiger partial charge in [-0.3, -0.25) is 0 Å². The van der Waals surface area contributed by atoms with Crippen molar-refractivity contribution in [1.82, 2.24) is 19.9 Å². The molecule has 1 spiro atoms. The summed E-state index contributed by atoms with van der Waals surface area (Å²) in [6.07, 6.45) is 12.8. The van der Waals surface area contributed by atoms with E-state index in [1.165, 1.54) is 37.7 Å². The monoisotopic (exact) mass is 431 g/mol. The van der Waals surface area contributed by atoms with Crippen LogP contribution >= 0.6 is 0 Å². The Balaban J connectivity index is 1.27. The minimum atomic E-state index is 0.106. The number of likely N-dealkylation sites (N-methyl/N-ethyl adjacent to an activating group) is 1. The Bertz CT molecular complexity index is 1140. The van der Waals surface area contributed by atoms with Crippen LogP contribution in [0.4, 0.5) is 23.3 Å². The highest BCUT2D eigenvalue weighted by Gasteiger charge is 2.41. The third-order valence-corrected chi connectivity index (χ3v) is 7.30. The topological polar surface area (TPSA) is 82.7 Å². The Kier molecular flexibility index (Phi) is 4.82. The zero-order chi connectivity index (χ0) is 21.5. The van der Waals surface area contributed by atoms with E-state index in [1.807, 2.05) is 18.5 Å². The zero-order valence-corrected chi connectivity index (χ0v) is 18.5. The molecule has 8 nitrogen and oxygen atoms in total. The van der Waals surface area contributed by atoms with Gasteiger partial charge in [-0.25, -0.2) is 19.9 Å². The van der Waals surface area contributed by atoms with Crippen LogP contribution in [0, 0.1) is 0 Å². The van der Waals surface area contributed by atoms with Crippen LogP contribution in [0.15, 0.2) is 33.9 Å². The number of nitrogens with zero attached hydrogens (tertiary/aromatic N) is 6. The van der Waals surface area contributed by atoms with Crippen molar-refractivity contribution in [3.05, 3.63) is 30.1 Å². The fourth-order valence-corrected chi connectivity index (χ4v) is 5.42. The van der Waals surface area contributed by atoms with Crippen LogP contribution in [0.1, 0.15) is 44.1 Å². The molecule has 5 heterocycles. The number of furan rings is 1. The molecule has 8 heteroatoms. The smallest absolute Gasteiger partial charge is 0.229 e. The second-order valence-electron chi connectivity index (χ2n) is 9.36. The number of fused-ring (bicyclic) bond motifs is 4. The third kappa shape index (κ3) is 3.43. The maximum atomic E-state index is 6.04. The summed E-state index contributed by atoms with van der Waals surface area (Å²) in [7, 11) is 2.17. The Morgan fingerprint density at radius 1 is 1.00 bits per heavy atom. The fourth-order valence-electron chi connectivity index (χ4n) is 5.42. The highest BCUT2D eigenvalue weighted by Crippen LogP contribution is 2.51. The molecule has 2 aliphatic heterocycles. The van der Waals surface area contributed by atoms with E-state index in [4.69, 9.17) is 9.40 Å². The number of hydrogen-bond acceptors (Lipinski definition) is 8. The summed E-state index contributed by atoms with van der Waals surface area (Å²) in [5.74, 6) is 2.00. The lowest BCUT2D eigenvalue weighted by Gasteiger charge is -2.37. The Labute approximate surface area is 187 Å². The van der Waals surface area contributed by atoms with Gasteiger partial charge in [0.15, 0.2) is 5.58 Å². The Morgan fingerprint density at radius 3 is 2.62 bits per heavy atom. The first-order chi connectivity index (χ1) is 15.7. The quantitative estimate of drug-likeness (QED) is 0.657. The molecule has 3 aromatic rings. The molecular formula is C24H29N7O. The van der Waals surface area contributed by atoms with Crippen molar-refractivity contribution in [1.29, 1.82) is 0 Å². The van der Waals surface area contributed by atoms with E-state index in [0.29, 0.717) is 17.4 Å². The number of piperazine rings is 1. The molecule has 0 atom stereocenters. The van der Waals surface area contributed by atoms with Crippen molar-refractivity contribution >= 4 is 40.7 Å². The zero-order valence-electron chi connectivity index (χ0n) is 18.5. The lowest BCUT2D eigenvalue weighted by atomic mass is 9.67. The number of anilines is 3. The predicted octanol–water partition coefficient (Wildman–Crippen LogP) is 4.42. The van der Waals surface area contributed by atoms with E-state index in [9.17, 15) is 0 Å². The van der Waals surface area contributed by atoms with E-state index >= 15 is 0 Å². The average Bonchev–Trinajstić information content (AvgIpc) is 3.20. The van der Waals surface area contributed by atoms with Crippen LogP contribution < -0.4 is 10.2 Å². The molecule has 3 aliphatic rings. The lowest BCUT2D eigenvalue weighted by Crippen LogP contribution is -2.44. The molecule has 3 aromatic heterocycles. The van der Waals surface area contributed by atoms with Crippen molar-refractivity contribution in [2.45, 2.75) is 43.9 Å². The molecule has 0 amide bonds. The standard InChI is InChI=1S/C24H29N7O/c1-30-11-13-31(14-12-30)17-5-6-19(26-15-17)28-23-27-16-18-21(29-23)20-22(32-18)25-10-9-24(20)7-3-2-4-8-24/h5-6,10,15-16H,2-4,7-9,11-14H2,1H3,(H,26,27,28,29). The molecule has 0 radical (unpaired) electrons. The van der Waals surface area contributed by atoms with Gasteiger partial charge in [0.1, 0.15) is 11.3 Å². The number of rotatable bonds is 3. The normalized spacial score (nSPS) is 20.6. The van der Waals surface area contributed by atoms with Gasteiger partial charge in [0, 0.05) is 37.8 Å². The molecule has 0 aromatic carbocycles. The molecule has 0 unspecified atom stereocenters. The number of nitrogens with one attached hydrogen (secondary N) is 1. The van der Waals surface area contributed by atoms with Gasteiger partial charge in [0.05, 0.1) is 23.6 Å². The molecule has 0 bridgehead atoms. The molecule has 166 valence electrons. The molecule has 32 heavy (non-hydrogen) atoms. The van der Waals surface area contributed by atoms with E-state index in [2.05, 4.69) is 43.2 Å². The van der Waals surface area contributed by atoms with Gasteiger partial charge in [-0.1, -0.05) is 19.3 Å². The average molecular weight is 432 g/mol. The maximum Gasteiger partial charge on any atom is 0.229 e. The van der Waals surface area contributed by atoms with Gasteiger partial charge >= 0.3 is 0 Å². The third-order valence-electron chi connectivity index (χ3n) is 7.30. The summed E-state index contributed by atoms with van der Waals surface area (Å²) in [6.45, 7) is 4.21. The SMILES string of the molecule is CN1CCN(c2ccc(Nc3ncc4oc5c(c4n3)C3(CC=N5)CCCCC3)nc2)CC1. The largest absolute Gasteiger partial charge is 0.435 e. The highest BCUT2D eigenvalue weighted by atomic mass is 16.3.